The van der Waals surface area contributed by atoms with Gasteiger partial charge in [-0.2, -0.15) is 0 Å². The van der Waals surface area contributed by atoms with E-state index in [1.807, 2.05) is 103 Å². The maximum Gasteiger partial charge on any atom is 0.157 e. The minimum Gasteiger partial charge on any atom is -0.374 e. The zero-order valence-electron chi connectivity index (χ0n) is 27.0. The Morgan fingerprint density at radius 2 is 1.24 bits per heavy atom. The van der Waals surface area contributed by atoms with Crippen LogP contribution in [-0.4, -0.2) is 31.1 Å². The SMILES string of the molecule is FC1C(COCc2ccccc2)OC(c2ccc(Cl)c(Cc3cc4ccccc4s3)c2)C(OCc2ccccc2)C1OCc1ccccc1. The highest BCUT2D eigenvalue weighted by Gasteiger charge is 2.48. The first-order chi connectivity index (χ1) is 24.1. The molecule has 5 aromatic carbocycles. The van der Waals surface area contributed by atoms with Crippen LogP contribution in [0.5, 0.6) is 0 Å². The summed E-state index contributed by atoms with van der Waals surface area (Å²) in [5.74, 6) is 0. The highest BCUT2D eigenvalue weighted by molar-refractivity contribution is 7.19. The summed E-state index contributed by atoms with van der Waals surface area (Å²) in [6, 6.07) is 46.1. The Bertz CT molecular complexity index is 1890. The summed E-state index contributed by atoms with van der Waals surface area (Å²) in [5.41, 5.74) is 4.76. The standard InChI is InChI=1S/C42H38ClFO4S/c43-36-21-20-33(22-34(36)24-35-23-32-18-10-11-19-38(32)49-35)40-42(47-27-31-16-8-3-9-17-31)41(46-26-30-14-6-2-7-15-30)39(44)37(48-40)28-45-25-29-12-4-1-5-13-29/h1-23,37,39-42H,24-28H2. The molecule has 7 rings (SSSR count). The molecule has 0 saturated carbocycles. The zero-order valence-corrected chi connectivity index (χ0v) is 28.6. The van der Waals surface area contributed by atoms with Gasteiger partial charge in [-0.05, 0) is 51.4 Å². The highest BCUT2D eigenvalue weighted by atomic mass is 35.5. The number of rotatable bonds is 13. The quantitative estimate of drug-likeness (QED) is 0.121. The number of thiophene rings is 1. The van der Waals surface area contributed by atoms with Gasteiger partial charge in [-0.3, -0.25) is 0 Å². The van der Waals surface area contributed by atoms with Gasteiger partial charge in [0.15, 0.2) is 6.17 Å². The number of ether oxygens (including phenoxy) is 4. The van der Waals surface area contributed by atoms with Gasteiger partial charge in [-0.25, -0.2) is 4.39 Å². The van der Waals surface area contributed by atoms with Crippen LogP contribution in [0.25, 0.3) is 10.1 Å². The Kier molecular flexibility index (Phi) is 11.1. The second-order valence-electron chi connectivity index (χ2n) is 12.3. The van der Waals surface area contributed by atoms with Crippen LogP contribution in [0.1, 0.15) is 38.8 Å². The minimum absolute atomic E-state index is 0.0609. The average molecular weight is 693 g/mol. The third-order valence-corrected chi connectivity index (χ3v) is 10.3. The maximum atomic E-state index is 16.7. The predicted octanol–water partition coefficient (Wildman–Crippen LogP) is 10.3. The van der Waals surface area contributed by atoms with E-state index in [0.29, 0.717) is 18.1 Å². The van der Waals surface area contributed by atoms with E-state index in [-0.39, 0.29) is 19.8 Å². The summed E-state index contributed by atoms with van der Waals surface area (Å²) in [5, 5.41) is 1.88. The van der Waals surface area contributed by atoms with E-state index in [9.17, 15) is 0 Å². The Hall–Kier alpha value is -3.88. The molecule has 1 saturated heterocycles. The Balaban J connectivity index is 1.20. The summed E-state index contributed by atoms with van der Waals surface area (Å²) < 4.78 is 43.7. The molecule has 6 aromatic rings. The van der Waals surface area contributed by atoms with E-state index >= 15 is 4.39 Å². The van der Waals surface area contributed by atoms with E-state index in [0.717, 1.165) is 27.8 Å². The summed E-state index contributed by atoms with van der Waals surface area (Å²) in [6.45, 7) is 0.924. The summed E-state index contributed by atoms with van der Waals surface area (Å²) >= 11 is 8.57. The van der Waals surface area contributed by atoms with Crippen molar-refractivity contribution in [2.45, 2.75) is 56.8 Å². The van der Waals surface area contributed by atoms with Crippen LogP contribution >= 0.6 is 22.9 Å². The first-order valence-electron chi connectivity index (χ1n) is 16.6. The molecular weight excluding hydrogens is 655 g/mol. The van der Waals surface area contributed by atoms with Crippen LogP contribution in [0.4, 0.5) is 4.39 Å². The largest absolute Gasteiger partial charge is 0.374 e. The second-order valence-corrected chi connectivity index (χ2v) is 13.9. The topological polar surface area (TPSA) is 36.9 Å². The molecule has 1 aliphatic rings. The van der Waals surface area contributed by atoms with Gasteiger partial charge in [-0.1, -0.05) is 133 Å². The molecule has 1 aromatic heterocycles. The van der Waals surface area contributed by atoms with Gasteiger partial charge in [0.2, 0.25) is 0 Å². The van der Waals surface area contributed by atoms with Crippen LogP contribution in [-0.2, 0) is 45.2 Å². The van der Waals surface area contributed by atoms with Crippen molar-refractivity contribution in [1.29, 1.82) is 0 Å². The predicted molar refractivity (Wildman–Crippen MR) is 195 cm³/mol. The monoisotopic (exact) mass is 692 g/mol. The third kappa shape index (κ3) is 8.47. The van der Waals surface area contributed by atoms with Gasteiger partial charge >= 0.3 is 0 Å². The molecule has 0 spiro atoms. The van der Waals surface area contributed by atoms with Gasteiger partial charge in [-0.15, -0.1) is 11.3 Å². The minimum atomic E-state index is -1.50. The first kappa shape index (κ1) is 33.6. The van der Waals surface area contributed by atoms with Gasteiger partial charge in [0.25, 0.3) is 0 Å². The molecule has 2 heterocycles. The summed E-state index contributed by atoms with van der Waals surface area (Å²) in [6.07, 6.45) is -4.02. The molecule has 5 unspecified atom stereocenters. The van der Waals surface area contributed by atoms with Crippen molar-refractivity contribution in [3.05, 3.63) is 177 Å². The fraction of sp³-hybridized carbons (Fsp3) is 0.238. The fourth-order valence-corrected chi connectivity index (χ4v) is 7.57. The normalized spacial score (nSPS) is 20.8. The summed E-state index contributed by atoms with van der Waals surface area (Å²) in [4.78, 5) is 1.21. The van der Waals surface area contributed by atoms with E-state index in [1.165, 1.54) is 15.0 Å². The number of hydrogen-bond donors (Lipinski definition) is 0. The Morgan fingerprint density at radius 3 is 1.90 bits per heavy atom. The van der Waals surface area contributed by atoms with Gasteiger partial charge in [0, 0.05) is 21.0 Å². The Labute approximate surface area is 296 Å². The highest BCUT2D eigenvalue weighted by Crippen LogP contribution is 2.40. The molecule has 49 heavy (non-hydrogen) atoms. The van der Waals surface area contributed by atoms with E-state index in [4.69, 9.17) is 30.5 Å². The van der Waals surface area contributed by atoms with Crippen molar-refractivity contribution in [3.63, 3.8) is 0 Å². The van der Waals surface area contributed by atoms with Crippen molar-refractivity contribution >= 4 is 33.0 Å². The molecule has 1 fully saturated rings. The lowest BCUT2D eigenvalue weighted by Crippen LogP contribution is -2.55. The van der Waals surface area contributed by atoms with Gasteiger partial charge < -0.3 is 18.9 Å². The molecule has 0 amide bonds. The molecule has 0 aliphatic carbocycles. The van der Waals surface area contributed by atoms with Crippen LogP contribution < -0.4 is 0 Å². The van der Waals surface area contributed by atoms with Crippen molar-refractivity contribution in [2.75, 3.05) is 6.61 Å². The molecular formula is C42H38ClFO4S. The van der Waals surface area contributed by atoms with Crippen molar-refractivity contribution < 1.29 is 23.3 Å². The van der Waals surface area contributed by atoms with Crippen molar-refractivity contribution in [2.24, 2.45) is 0 Å². The molecule has 5 atom stereocenters. The Morgan fingerprint density at radius 1 is 0.653 bits per heavy atom. The molecule has 0 bridgehead atoms. The molecule has 4 nitrogen and oxygen atoms in total. The van der Waals surface area contributed by atoms with Crippen LogP contribution in [0.15, 0.2) is 140 Å². The molecule has 250 valence electrons. The van der Waals surface area contributed by atoms with Crippen molar-refractivity contribution in [1.82, 2.24) is 0 Å². The number of hydrogen-bond acceptors (Lipinski definition) is 5. The van der Waals surface area contributed by atoms with E-state index in [1.54, 1.807) is 11.3 Å². The van der Waals surface area contributed by atoms with Crippen LogP contribution in [0, 0.1) is 0 Å². The smallest absolute Gasteiger partial charge is 0.157 e. The lowest BCUT2D eigenvalue weighted by atomic mass is 9.90. The molecule has 0 radical (unpaired) electrons. The fourth-order valence-electron chi connectivity index (χ4n) is 6.29. The van der Waals surface area contributed by atoms with Crippen molar-refractivity contribution in [3.8, 4) is 0 Å². The van der Waals surface area contributed by atoms with Crippen LogP contribution in [0.2, 0.25) is 5.02 Å². The number of alkyl halides is 1. The van der Waals surface area contributed by atoms with E-state index < -0.39 is 30.6 Å². The average Bonchev–Trinajstić information content (AvgIpc) is 3.56. The van der Waals surface area contributed by atoms with Crippen LogP contribution in [0.3, 0.4) is 0 Å². The maximum absolute atomic E-state index is 16.7. The lowest BCUT2D eigenvalue weighted by Gasteiger charge is -2.44. The third-order valence-electron chi connectivity index (χ3n) is 8.82. The van der Waals surface area contributed by atoms with Gasteiger partial charge in [0.1, 0.15) is 24.4 Å². The van der Waals surface area contributed by atoms with Gasteiger partial charge in [0.05, 0.1) is 26.4 Å². The summed E-state index contributed by atoms with van der Waals surface area (Å²) in [7, 11) is 0. The number of halogens is 2. The molecule has 7 heteroatoms. The molecule has 1 aliphatic heterocycles. The van der Waals surface area contributed by atoms with E-state index in [2.05, 4.69) is 36.4 Å². The number of fused-ring (bicyclic) bond motifs is 1. The number of benzene rings is 5. The first-order valence-corrected chi connectivity index (χ1v) is 17.8. The second kappa shape index (κ2) is 16.2. The lowest BCUT2D eigenvalue weighted by molar-refractivity contribution is -0.248. The molecule has 0 N–H and O–H groups in total. The zero-order chi connectivity index (χ0) is 33.4.